The van der Waals surface area contributed by atoms with Gasteiger partial charge in [0.2, 0.25) is 16.7 Å². The van der Waals surface area contributed by atoms with E-state index in [0.29, 0.717) is 20.8 Å². The number of carboxylic acids is 1. The summed E-state index contributed by atoms with van der Waals surface area (Å²) in [6, 6.07) is 2.69. The molecule has 16 nitrogen and oxygen atoms in total. The number of aromatic nitrogens is 4. The van der Waals surface area contributed by atoms with Gasteiger partial charge in [-0.15, -0.1) is 23.1 Å². The minimum Gasteiger partial charge on any atom is -0.795 e. The Morgan fingerprint density at radius 3 is 2.68 bits per heavy atom. The van der Waals surface area contributed by atoms with Crippen LogP contribution < -0.4 is 29.9 Å². The summed E-state index contributed by atoms with van der Waals surface area (Å²) in [5.74, 6) is -3.32. The molecule has 22 heteroatoms. The van der Waals surface area contributed by atoms with Crippen molar-refractivity contribution < 1.29 is 43.2 Å². The van der Waals surface area contributed by atoms with Crippen LogP contribution in [-0.2, 0) is 30.8 Å². The number of rotatable bonds is 11. The second-order valence-corrected chi connectivity index (χ2v) is 13.9. The summed E-state index contributed by atoms with van der Waals surface area (Å²) in [7, 11) is -3.28. The molecule has 44 heavy (non-hydrogen) atoms. The van der Waals surface area contributed by atoms with Gasteiger partial charge in [0.1, 0.15) is 25.1 Å². The Balaban J connectivity index is 0.00000442. The predicted molar refractivity (Wildman–Crippen MR) is 157 cm³/mol. The number of fused-ring (bicyclic) bond motifs is 1. The number of nitrogens with zero attached hydrogens (tertiary/aromatic N) is 6. The van der Waals surface area contributed by atoms with E-state index < -0.39 is 47.8 Å². The zero-order valence-corrected chi connectivity index (χ0v) is 28.3. The van der Waals surface area contributed by atoms with E-state index in [9.17, 15) is 33.8 Å². The Morgan fingerprint density at radius 1 is 1.30 bits per heavy atom. The van der Waals surface area contributed by atoms with Crippen LogP contribution in [0.1, 0.15) is 12.7 Å². The Morgan fingerprint density at radius 2 is 2.02 bits per heavy atom. The molecule has 0 unspecified atom stereocenters. The molecule has 2 aliphatic heterocycles. The fraction of sp³-hybridized carbons (Fsp3) is 0.273. The van der Waals surface area contributed by atoms with Gasteiger partial charge < -0.3 is 39.5 Å². The van der Waals surface area contributed by atoms with Crippen LogP contribution in [0.15, 0.2) is 50.0 Å². The van der Waals surface area contributed by atoms with Crippen LogP contribution in [0.25, 0.3) is 11.3 Å². The monoisotopic (exact) mass is 706 g/mol. The first-order valence-corrected chi connectivity index (χ1v) is 17.1. The number of aliphatic carboxylic acids is 1. The first kappa shape index (κ1) is 34.3. The average molecular weight is 707 g/mol. The molecule has 5 heterocycles. The molecular formula is C22H19MgN8O8PS4. The number of thioether (sulfide) groups is 2. The van der Waals surface area contributed by atoms with Crippen LogP contribution in [0.4, 0.5) is 5.13 Å². The van der Waals surface area contributed by atoms with E-state index in [0.717, 1.165) is 27.9 Å². The first-order valence-electron chi connectivity index (χ1n) is 12.1. The second kappa shape index (κ2) is 14.2. The van der Waals surface area contributed by atoms with Gasteiger partial charge in [-0.25, -0.2) is 9.55 Å². The maximum atomic E-state index is 13.1. The van der Waals surface area contributed by atoms with Crippen LogP contribution in [0.2, 0.25) is 0 Å². The van der Waals surface area contributed by atoms with Crippen molar-refractivity contribution in [2.75, 3.05) is 17.4 Å². The van der Waals surface area contributed by atoms with E-state index in [1.54, 1.807) is 12.0 Å². The van der Waals surface area contributed by atoms with Crippen molar-refractivity contribution >= 4 is 106 Å². The summed E-state index contributed by atoms with van der Waals surface area (Å²) in [6.45, 7) is 1.65. The van der Waals surface area contributed by atoms with Gasteiger partial charge in [0.15, 0.2) is 16.7 Å². The molecule has 2 amide bonds. The van der Waals surface area contributed by atoms with Gasteiger partial charge in [0.05, 0.1) is 17.4 Å². The van der Waals surface area contributed by atoms with Gasteiger partial charge >= 0.3 is 23.1 Å². The summed E-state index contributed by atoms with van der Waals surface area (Å²) in [6.07, 6.45) is 3.77. The molecule has 3 aromatic heterocycles. The second-order valence-electron chi connectivity index (χ2n) is 8.66. The van der Waals surface area contributed by atoms with Crippen molar-refractivity contribution in [1.29, 1.82) is 0 Å². The minimum absolute atomic E-state index is 0. The number of hydrogen-bond acceptors (Lipinski definition) is 16. The normalized spacial score (nSPS) is 18.2. The molecule has 0 bridgehead atoms. The molecular weight excluding hydrogens is 688 g/mol. The number of nitrogens with one attached hydrogen (secondary N) is 2. The van der Waals surface area contributed by atoms with Crippen molar-refractivity contribution in [1.82, 2.24) is 24.6 Å². The Bertz CT molecular complexity index is 1690. The quantitative estimate of drug-likeness (QED) is 0.0562. The molecule has 0 saturated carbocycles. The summed E-state index contributed by atoms with van der Waals surface area (Å²) in [5.41, 5.74) is 0.842. The number of amides is 2. The number of β-lactam (4-membered cyclic amide) rings is 1. The first-order chi connectivity index (χ1) is 20.4. The summed E-state index contributed by atoms with van der Waals surface area (Å²) >= 11 is 4.20. The molecule has 2 atom stereocenters. The van der Waals surface area contributed by atoms with Gasteiger partial charge in [-0.2, -0.15) is 9.36 Å². The number of oxime groups is 1. The Labute approximate surface area is 281 Å². The van der Waals surface area contributed by atoms with Crippen LogP contribution in [-0.4, -0.2) is 89.6 Å². The third-order valence-corrected chi connectivity index (χ3v) is 10.5. The van der Waals surface area contributed by atoms with Crippen molar-refractivity contribution in [2.24, 2.45) is 12.2 Å². The van der Waals surface area contributed by atoms with Gasteiger partial charge in [-0.3, -0.25) is 14.5 Å². The number of aryl methyl sites for hydroxylation is 1. The standard InChI is InChI=1S/C22H21N8O8PS4.Mg/c1-3-38-26-13(16-25-21(43-28-16)27-39(35,36)37)17(31)24-14-18(32)30-15(20(33)34)12(9-40-19(14)30)42-22-23-11(8-41-22)10-4-6-29(2)7-5-10;/h4-8,14,19H,3,9H2,1-2H3,(H4-,24,25,27,28,31,33,34,35,36,37);/q;+2/p-2/b26-13-;/t14-,19-;/m1./s1. The molecule has 5 rings (SSSR count). The van der Waals surface area contributed by atoms with E-state index in [1.165, 1.54) is 23.1 Å². The molecule has 2 N–H and O–H groups in total. The largest absolute Gasteiger partial charge is 2.00 e. The number of hydrogen-bond donors (Lipinski definition) is 2. The number of carbonyl (C=O) groups is 3. The SMILES string of the molecule is CCO/N=C(\C(=O)N[C@@H]1C(=O)N2C(C(=O)[O-])=C(Sc3nc(-c4cc[n+](C)cc4)cs3)CS[C@H]12)c1nsc(NP(=O)([O-])[O-])n1.[Mg+2]. The summed E-state index contributed by atoms with van der Waals surface area (Å²) < 4.78 is 17.3. The van der Waals surface area contributed by atoms with E-state index >= 15 is 0 Å². The van der Waals surface area contributed by atoms with Crippen molar-refractivity contribution in [3.8, 4) is 11.3 Å². The van der Waals surface area contributed by atoms with Crippen molar-refractivity contribution in [3.63, 3.8) is 0 Å². The topological polar surface area (TPSA) is 229 Å². The van der Waals surface area contributed by atoms with Crippen LogP contribution in [0, 0.1) is 0 Å². The maximum Gasteiger partial charge on any atom is 2.00 e. The van der Waals surface area contributed by atoms with Crippen molar-refractivity contribution in [3.05, 3.63) is 46.3 Å². The van der Waals surface area contributed by atoms with E-state index in [1.807, 2.05) is 41.5 Å². The van der Waals surface area contributed by atoms with Crippen LogP contribution in [0.3, 0.4) is 0 Å². The smallest absolute Gasteiger partial charge is 0.795 e. The van der Waals surface area contributed by atoms with Crippen LogP contribution >= 0.6 is 54.1 Å². The van der Waals surface area contributed by atoms with E-state index in [4.69, 9.17) is 4.84 Å². The average Bonchev–Trinajstić information content (AvgIpc) is 3.60. The van der Waals surface area contributed by atoms with Gasteiger partial charge in [0, 0.05) is 53.0 Å². The molecule has 0 spiro atoms. The fourth-order valence-electron chi connectivity index (χ4n) is 3.88. The molecule has 226 valence electrons. The molecule has 2 aliphatic rings. The van der Waals surface area contributed by atoms with Gasteiger partial charge in [-0.1, -0.05) is 16.9 Å². The number of carbonyl (C=O) groups excluding carboxylic acids is 3. The summed E-state index contributed by atoms with van der Waals surface area (Å²) in [5, 5.41) is 20.7. The summed E-state index contributed by atoms with van der Waals surface area (Å²) in [4.78, 5) is 75.1. The Kier molecular flexibility index (Phi) is 11.1. The minimum atomic E-state index is -5.18. The van der Waals surface area contributed by atoms with Crippen LogP contribution in [0.5, 0.6) is 0 Å². The Hall–Kier alpha value is -2.62. The van der Waals surface area contributed by atoms with E-state index in [2.05, 4.69) is 24.8 Å². The maximum absolute atomic E-state index is 13.1. The molecule has 1 fully saturated rings. The fourth-order valence-corrected chi connectivity index (χ4v) is 8.55. The molecule has 3 aromatic rings. The molecule has 0 aromatic carbocycles. The zero-order valence-electron chi connectivity index (χ0n) is 22.7. The molecule has 0 radical (unpaired) electrons. The van der Waals surface area contributed by atoms with Gasteiger partial charge in [0.25, 0.3) is 11.8 Å². The number of anilines is 1. The number of thiazole rings is 1. The molecule has 0 aliphatic carbocycles. The van der Waals surface area contributed by atoms with Gasteiger partial charge in [-0.05, 0) is 6.92 Å². The zero-order chi connectivity index (χ0) is 30.9. The third kappa shape index (κ3) is 7.60. The van der Waals surface area contributed by atoms with E-state index in [-0.39, 0.29) is 46.9 Å². The number of carboxylic acid groups (broad SMARTS) is 1. The molecule has 1 saturated heterocycles. The van der Waals surface area contributed by atoms with Crippen molar-refractivity contribution in [2.45, 2.75) is 22.7 Å². The number of pyridine rings is 1. The predicted octanol–water partition coefficient (Wildman–Crippen LogP) is -1.76. The third-order valence-electron chi connectivity index (χ3n) is 5.75.